The minimum atomic E-state index is -1.37. The van der Waals surface area contributed by atoms with Crippen molar-refractivity contribution in [2.24, 2.45) is 5.73 Å². The highest BCUT2D eigenvalue weighted by Gasteiger charge is 2.54. The molecule has 0 saturated carbocycles. The average Bonchev–Trinajstić information content (AvgIpc) is 3.14. The molecule has 4 N–H and O–H groups in total. The van der Waals surface area contributed by atoms with E-state index in [1.54, 1.807) is 24.3 Å². The summed E-state index contributed by atoms with van der Waals surface area (Å²) in [5, 5.41) is 21.3. The van der Waals surface area contributed by atoms with Crippen LogP contribution in [0.4, 0.5) is 11.4 Å². The summed E-state index contributed by atoms with van der Waals surface area (Å²) in [6.45, 7) is 1.96. The first-order valence-electron chi connectivity index (χ1n) is 11.2. The van der Waals surface area contributed by atoms with Crippen molar-refractivity contribution in [3.8, 4) is 23.0 Å². The van der Waals surface area contributed by atoms with Gasteiger partial charge < -0.3 is 25.4 Å². The molecule has 2 aliphatic rings. The van der Waals surface area contributed by atoms with Crippen LogP contribution >= 0.6 is 12.2 Å². The average molecular weight is 497 g/mol. The number of fused-ring (bicyclic) bond motifs is 6. The number of phenols is 2. The monoisotopic (exact) mass is 496 g/mol. The number of phenolic OH excluding ortho intramolecular Hbond substituents is 2. The fourth-order valence-corrected chi connectivity index (χ4v) is 5.17. The minimum Gasteiger partial charge on any atom is -0.508 e. The molecule has 2 aliphatic heterocycles. The highest BCUT2D eigenvalue weighted by Crippen LogP contribution is 2.60. The highest BCUT2D eigenvalue weighted by molar-refractivity contribution is 7.80. The molecule has 4 aromatic rings. The van der Waals surface area contributed by atoms with Crippen LogP contribution < -0.4 is 15.4 Å². The zero-order chi connectivity index (χ0) is 25.2. The number of aromatic hydroxyl groups is 2. The highest BCUT2D eigenvalue weighted by atomic mass is 32.1. The van der Waals surface area contributed by atoms with E-state index in [4.69, 9.17) is 27.4 Å². The molecule has 0 fully saturated rings. The van der Waals surface area contributed by atoms with E-state index >= 15 is 0 Å². The summed E-state index contributed by atoms with van der Waals surface area (Å²) in [5.41, 5.74) is 8.71. The van der Waals surface area contributed by atoms with Gasteiger partial charge in [0.15, 0.2) is 16.5 Å². The number of benzene rings is 4. The zero-order valence-electron chi connectivity index (χ0n) is 19.1. The summed E-state index contributed by atoms with van der Waals surface area (Å²) in [6, 6.07) is 22.4. The Morgan fingerprint density at radius 1 is 0.944 bits per heavy atom. The van der Waals surface area contributed by atoms with Crippen LogP contribution in [0.1, 0.15) is 32.6 Å². The van der Waals surface area contributed by atoms with Gasteiger partial charge >= 0.3 is 5.97 Å². The van der Waals surface area contributed by atoms with Gasteiger partial charge in [0.05, 0.1) is 11.1 Å². The predicted octanol–water partition coefficient (Wildman–Crippen LogP) is 5.36. The Bertz CT molecular complexity index is 1580. The van der Waals surface area contributed by atoms with E-state index in [2.05, 4.69) is 0 Å². The summed E-state index contributed by atoms with van der Waals surface area (Å²) < 4.78 is 12.5. The number of hydrogen-bond donors (Lipinski definition) is 3. The quantitative estimate of drug-likeness (QED) is 0.252. The molecule has 0 amide bonds. The number of thiocarbonyl (C=S) groups is 1. The molecule has 2 heterocycles. The number of carbonyl (C=O) groups is 1. The number of nitrogens with two attached hydrogens (primary N) is 1. The lowest BCUT2D eigenvalue weighted by Crippen LogP contribution is -2.35. The van der Waals surface area contributed by atoms with Gasteiger partial charge in [-0.3, -0.25) is 4.90 Å². The van der Waals surface area contributed by atoms with E-state index < -0.39 is 11.6 Å². The van der Waals surface area contributed by atoms with Crippen LogP contribution in [-0.2, 0) is 10.3 Å². The van der Waals surface area contributed by atoms with Crippen LogP contribution in [0.5, 0.6) is 23.0 Å². The summed E-state index contributed by atoms with van der Waals surface area (Å²) in [6.07, 6.45) is 0. The van der Waals surface area contributed by atoms with Crippen LogP contribution in [-0.4, -0.2) is 21.3 Å². The van der Waals surface area contributed by atoms with E-state index in [-0.39, 0.29) is 33.8 Å². The van der Waals surface area contributed by atoms with Gasteiger partial charge in [0.25, 0.3) is 0 Å². The second-order valence-corrected chi connectivity index (χ2v) is 9.14. The Kier molecular flexibility index (Phi) is 4.71. The maximum absolute atomic E-state index is 13.1. The number of anilines is 2. The van der Waals surface area contributed by atoms with Gasteiger partial charge in [-0.05, 0) is 61.6 Å². The Morgan fingerprint density at radius 2 is 1.67 bits per heavy atom. The molecule has 0 aromatic heterocycles. The van der Waals surface area contributed by atoms with E-state index in [1.165, 1.54) is 23.1 Å². The standard InChI is InChI=1S/C28H20N2O5S/c1-15-6-8-16(9-7-15)30(27(29)36)24-22(32)13-12-21-25(24)34-23-14-17(31)10-11-20(23)28(21)19-5-3-2-4-18(19)26(33)35-28/h2-14,31-32H,1H3,(H2,29,36). The maximum atomic E-state index is 13.1. The van der Waals surface area contributed by atoms with Gasteiger partial charge in [-0.2, -0.15) is 0 Å². The maximum Gasteiger partial charge on any atom is 0.340 e. The first-order valence-corrected chi connectivity index (χ1v) is 11.6. The van der Waals surface area contributed by atoms with Crippen LogP contribution in [0.15, 0.2) is 78.9 Å². The molecular formula is C28H20N2O5S. The number of aryl methyl sites for hydroxylation is 1. The number of rotatable bonds is 2. The lowest BCUT2D eigenvalue weighted by Gasteiger charge is -2.38. The molecule has 36 heavy (non-hydrogen) atoms. The third kappa shape index (κ3) is 2.98. The zero-order valence-corrected chi connectivity index (χ0v) is 19.9. The van der Waals surface area contributed by atoms with Crippen molar-refractivity contribution in [3.05, 3.63) is 107 Å². The normalized spacial score (nSPS) is 17.0. The molecule has 8 heteroatoms. The largest absolute Gasteiger partial charge is 0.508 e. The van der Waals surface area contributed by atoms with Crippen LogP contribution in [0.2, 0.25) is 0 Å². The molecule has 0 saturated heterocycles. The number of esters is 1. The predicted molar refractivity (Wildman–Crippen MR) is 138 cm³/mol. The molecule has 1 atom stereocenters. The summed E-state index contributed by atoms with van der Waals surface area (Å²) >= 11 is 5.40. The molecule has 178 valence electrons. The van der Waals surface area contributed by atoms with Crippen molar-refractivity contribution in [1.82, 2.24) is 0 Å². The molecule has 6 rings (SSSR count). The molecule has 7 nitrogen and oxygen atoms in total. The van der Waals surface area contributed by atoms with Gasteiger partial charge in [0, 0.05) is 22.9 Å². The molecule has 0 radical (unpaired) electrons. The van der Waals surface area contributed by atoms with E-state index in [0.29, 0.717) is 27.9 Å². The third-order valence-corrected chi connectivity index (χ3v) is 6.74. The first-order chi connectivity index (χ1) is 17.3. The van der Waals surface area contributed by atoms with Crippen LogP contribution in [0.25, 0.3) is 0 Å². The number of nitrogens with zero attached hydrogens (tertiary/aromatic N) is 1. The molecule has 0 bridgehead atoms. The lowest BCUT2D eigenvalue weighted by atomic mass is 9.77. The van der Waals surface area contributed by atoms with Gasteiger partial charge in [0.1, 0.15) is 22.9 Å². The Hall–Kier alpha value is -4.56. The van der Waals surface area contributed by atoms with E-state index in [9.17, 15) is 15.0 Å². The van der Waals surface area contributed by atoms with Crippen LogP contribution in [0, 0.1) is 6.92 Å². The van der Waals surface area contributed by atoms with Gasteiger partial charge in [-0.15, -0.1) is 0 Å². The number of hydrogen-bond acceptors (Lipinski definition) is 6. The summed E-state index contributed by atoms with van der Waals surface area (Å²) in [4.78, 5) is 14.6. The molecule has 0 aliphatic carbocycles. The van der Waals surface area contributed by atoms with Gasteiger partial charge in [0.2, 0.25) is 0 Å². The smallest absolute Gasteiger partial charge is 0.340 e. The summed E-state index contributed by atoms with van der Waals surface area (Å²) in [7, 11) is 0. The molecule has 4 aromatic carbocycles. The van der Waals surface area contributed by atoms with Gasteiger partial charge in [-0.1, -0.05) is 35.9 Å². The van der Waals surface area contributed by atoms with Crippen molar-refractivity contribution in [3.63, 3.8) is 0 Å². The number of ether oxygens (including phenoxy) is 2. The van der Waals surface area contributed by atoms with Crippen LogP contribution in [0.3, 0.4) is 0 Å². The SMILES string of the molecule is Cc1ccc(N(C(N)=S)c2c(O)ccc3c2Oc2cc(O)ccc2C32OC(=O)c3ccccc32)cc1. The summed E-state index contributed by atoms with van der Waals surface area (Å²) in [5.74, 6) is -0.191. The molecule has 1 spiro atoms. The van der Waals surface area contributed by atoms with Crippen molar-refractivity contribution < 1.29 is 24.5 Å². The van der Waals surface area contributed by atoms with Crippen molar-refractivity contribution >= 4 is 34.7 Å². The fourth-order valence-electron chi connectivity index (χ4n) is 4.98. The Labute approximate surface area is 211 Å². The Balaban J connectivity index is 1.69. The molecule has 1 unspecified atom stereocenters. The topological polar surface area (TPSA) is 105 Å². The Morgan fingerprint density at radius 3 is 2.42 bits per heavy atom. The van der Waals surface area contributed by atoms with Crippen molar-refractivity contribution in [2.45, 2.75) is 12.5 Å². The van der Waals surface area contributed by atoms with E-state index in [0.717, 1.165) is 5.56 Å². The number of carbonyl (C=O) groups excluding carboxylic acids is 1. The van der Waals surface area contributed by atoms with E-state index in [1.807, 2.05) is 43.3 Å². The second-order valence-electron chi connectivity index (χ2n) is 8.72. The van der Waals surface area contributed by atoms with Gasteiger partial charge in [-0.25, -0.2) is 4.79 Å². The fraction of sp³-hybridized carbons (Fsp3) is 0.0714. The third-order valence-electron chi connectivity index (χ3n) is 6.55. The first kappa shape index (κ1) is 21.9. The molecular weight excluding hydrogens is 476 g/mol. The minimum absolute atomic E-state index is 0.0225. The second kappa shape index (κ2) is 7.73. The van der Waals surface area contributed by atoms with Crippen molar-refractivity contribution in [1.29, 1.82) is 0 Å². The van der Waals surface area contributed by atoms with Crippen molar-refractivity contribution in [2.75, 3.05) is 4.90 Å². The lowest BCUT2D eigenvalue weighted by molar-refractivity contribution is 0.0224.